The Kier molecular flexibility index (Phi) is 4.13. The number of hydrogen-bond donors (Lipinski definition) is 2. The van der Waals surface area contributed by atoms with E-state index in [1.807, 2.05) is 6.92 Å². The van der Waals surface area contributed by atoms with E-state index in [-0.39, 0.29) is 24.1 Å². The first-order valence-corrected chi connectivity index (χ1v) is 6.52. The number of likely N-dealkylation sites (tertiary alicyclic amines) is 1. The molecule has 0 bridgehead atoms. The molecule has 2 N–H and O–H groups in total. The number of amides is 1. The zero-order valence-electron chi connectivity index (χ0n) is 10.9. The van der Waals surface area contributed by atoms with Gasteiger partial charge in [-0.25, -0.2) is 4.98 Å². The van der Waals surface area contributed by atoms with Crippen molar-refractivity contribution >= 4 is 11.9 Å². The lowest BCUT2D eigenvalue weighted by Crippen LogP contribution is -2.39. The third-order valence-electron chi connectivity index (χ3n) is 3.42. The van der Waals surface area contributed by atoms with E-state index in [2.05, 4.69) is 15.2 Å². The SMILES string of the molecule is CCc1nc(C(=O)N2CCC(CC(=O)O)CC2)n[nH]1. The summed E-state index contributed by atoms with van der Waals surface area (Å²) in [6.45, 7) is 3.09. The molecule has 1 fully saturated rings. The second-order valence-electron chi connectivity index (χ2n) is 4.79. The molecule has 1 aliphatic heterocycles. The highest BCUT2D eigenvalue weighted by atomic mass is 16.4. The number of nitrogens with one attached hydrogen (secondary N) is 1. The van der Waals surface area contributed by atoms with Crippen LogP contribution < -0.4 is 0 Å². The topological polar surface area (TPSA) is 99.2 Å². The van der Waals surface area contributed by atoms with Crippen molar-refractivity contribution in [3.8, 4) is 0 Å². The molecule has 19 heavy (non-hydrogen) atoms. The van der Waals surface area contributed by atoms with Crippen LogP contribution in [0.3, 0.4) is 0 Å². The van der Waals surface area contributed by atoms with Gasteiger partial charge in [0, 0.05) is 25.9 Å². The van der Waals surface area contributed by atoms with E-state index in [0.717, 1.165) is 12.8 Å². The summed E-state index contributed by atoms with van der Waals surface area (Å²) in [6, 6.07) is 0. The van der Waals surface area contributed by atoms with Crippen molar-refractivity contribution in [1.29, 1.82) is 0 Å². The summed E-state index contributed by atoms with van der Waals surface area (Å²) in [4.78, 5) is 28.6. The lowest BCUT2D eigenvalue weighted by atomic mass is 9.93. The molecule has 0 aromatic carbocycles. The number of hydrogen-bond acceptors (Lipinski definition) is 4. The number of piperidine rings is 1. The fourth-order valence-corrected chi connectivity index (χ4v) is 2.28. The molecule has 0 saturated carbocycles. The molecule has 1 saturated heterocycles. The van der Waals surface area contributed by atoms with Crippen LogP contribution in [0.5, 0.6) is 0 Å². The molecule has 1 aromatic rings. The number of aliphatic carboxylic acids is 1. The molecular weight excluding hydrogens is 248 g/mol. The molecule has 104 valence electrons. The molecule has 2 heterocycles. The first-order valence-electron chi connectivity index (χ1n) is 6.52. The van der Waals surface area contributed by atoms with Gasteiger partial charge in [-0.1, -0.05) is 6.92 Å². The molecule has 7 heteroatoms. The highest BCUT2D eigenvalue weighted by Gasteiger charge is 2.26. The van der Waals surface area contributed by atoms with Gasteiger partial charge >= 0.3 is 5.97 Å². The van der Waals surface area contributed by atoms with E-state index in [1.54, 1.807) is 4.90 Å². The van der Waals surface area contributed by atoms with E-state index in [1.165, 1.54) is 0 Å². The van der Waals surface area contributed by atoms with Crippen LogP contribution in [0.15, 0.2) is 0 Å². The number of H-pyrrole nitrogens is 1. The van der Waals surface area contributed by atoms with E-state index in [9.17, 15) is 9.59 Å². The monoisotopic (exact) mass is 266 g/mol. The van der Waals surface area contributed by atoms with Crippen molar-refractivity contribution in [1.82, 2.24) is 20.1 Å². The fourth-order valence-electron chi connectivity index (χ4n) is 2.28. The number of nitrogens with zero attached hydrogens (tertiary/aromatic N) is 3. The molecule has 0 radical (unpaired) electrons. The van der Waals surface area contributed by atoms with Gasteiger partial charge in [-0.05, 0) is 18.8 Å². The molecule has 2 rings (SSSR count). The van der Waals surface area contributed by atoms with E-state index in [0.29, 0.717) is 25.3 Å². The first kappa shape index (κ1) is 13.5. The summed E-state index contributed by atoms with van der Waals surface area (Å²) < 4.78 is 0. The van der Waals surface area contributed by atoms with Gasteiger partial charge in [-0.15, -0.1) is 5.10 Å². The number of carbonyl (C=O) groups is 2. The van der Waals surface area contributed by atoms with Crippen LogP contribution >= 0.6 is 0 Å². The average molecular weight is 266 g/mol. The van der Waals surface area contributed by atoms with E-state index in [4.69, 9.17) is 5.11 Å². The first-order chi connectivity index (χ1) is 9.10. The molecule has 1 amide bonds. The van der Waals surface area contributed by atoms with Crippen molar-refractivity contribution < 1.29 is 14.7 Å². The summed E-state index contributed by atoms with van der Waals surface area (Å²) in [6.07, 6.45) is 2.34. The van der Waals surface area contributed by atoms with Crippen molar-refractivity contribution in [3.63, 3.8) is 0 Å². The zero-order chi connectivity index (χ0) is 13.8. The van der Waals surface area contributed by atoms with Crippen molar-refractivity contribution in [3.05, 3.63) is 11.6 Å². The maximum Gasteiger partial charge on any atom is 0.303 e. The van der Waals surface area contributed by atoms with Gasteiger partial charge in [-0.3, -0.25) is 14.7 Å². The number of aromatic amines is 1. The van der Waals surface area contributed by atoms with Crippen molar-refractivity contribution in [2.24, 2.45) is 5.92 Å². The minimum atomic E-state index is -0.772. The number of carboxylic acids is 1. The molecule has 0 atom stereocenters. The maximum atomic E-state index is 12.1. The Morgan fingerprint density at radius 3 is 2.63 bits per heavy atom. The third-order valence-corrected chi connectivity index (χ3v) is 3.42. The molecular formula is C12H18N4O3. The Morgan fingerprint density at radius 1 is 1.42 bits per heavy atom. The van der Waals surface area contributed by atoms with Crippen LogP contribution in [0.2, 0.25) is 0 Å². The normalized spacial score (nSPS) is 16.6. The molecule has 0 unspecified atom stereocenters. The summed E-state index contributed by atoms with van der Waals surface area (Å²) in [5.41, 5.74) is 0. The Labute approximate surface area is 111 Å². The largest absolute Gasteiger partial charge is 0.481 e. The fraction of sp³-hybridized carbons (Fsp3) is 0.667. The second kappa shape index (κ2) is 5.81. The van der Waals surface area contributed by atoms with Crippen LogP contribution in [0.25, 0.3) is 0 Å². The van der Waals surface area contributed by atoms with Gasteiger partial charge in [0.15, 0.2) is 0 Å². The predicted octanol–water partition coefficient (Wildman–Crippen LogP) is 0.694. The highest BCUT2D eigenvalue weighted by molar-refractivity contribution is 5.90. The highest BCUT2D eigenvalue weighted by Crippen LogP contribution is 2.21. The Morgan fingerprint density at radius 2 is 2.11 bits per heavy atom. The maximum absolute atomic E-state index is 12.1. The molecule has 1 aromatic heterocycles. The molecule has 0 aliphatic carbocycles. The molecule has 7 nitrogen and oxygen atoms in total. The smallest absolute Gasteiger partial charge is 0.303 e. The van der Waals surface area contributed by atoms with Gasteiger partial charge in [0.05, 0.1) is 0 Å². The van der Waals surface area contributed by atoms with Gasteiger partial charge in [0.1, 0.15) is 5.82 Å². The number of carboxylic acid groups (broad SMARTS) is 1. The molecule has 0 spiro atoms. The van der Waals surface area contributed by atoms with Crippen molar-refractivity contribution in [2.75, 3.05) is 13.1 Å². The minimum absolute atomic E-state index is 0.167. The van der Waals surface area contributed by atoms with Crippen LogP contribution in [0.1, 0.15) is 42.6 Å². The van der Waals surface area contributed by atoms with Crippen LogP contribution in [0, 0.1) is 5.92 Å². The second-order valence-corrected chi connectivity index (χ2v) is 4.79. The van der Waals surface area contributed by atoms with Crippen LogP contribution in [-0.4, -0.2) is 50.2 Å². The van der Waals surface area contributed by atoms with Crippen LogP contribution in [0.4, 0.5) is 0 Å². The van der Waals surface area contributed by atoms with Gasteiger partial charge in [0.2, 0.25) is 5.82 Å². The van der Waals surface area contributed by atoms with Crippen molar-refractivity contribution in [2.45, 2.75) is 32.6 Å². The average Bonchev–Trinajstić information content (AvgIpc) is 2.87. The number of aryl methyl sites for hydroxylation is 1. The Hall–Kier alpha value is -1.92. The number of carbonyl (C=O) groups excluding carboxylic acids is 1. The summed E-state index contributed by atoms with van der Waals surface area (Å²) >= 11 is 0. The van der Waals surface area contributed by atoms with Gasteiger partial charge < -0.3 is 10.0 Å². The standard InChI is InChI=1S/C12H18N4O3/c1-2-9-13-11(15-14-9)12(19)16-5-3-8(4-6-16)7-10(17)18/h8H,2-7H2,1H3,(H,17,18)(H,13,14,15). The minimum Gasteiger partial charge on any atom is -0.481 e. The molecule has 1 aliphatic rings. The lowest BCUT2D eigenvalue weighted by molar-refractivity contribution is -0.138. The van der Waals surface area contributed by atoms with Crippen LogP contribution in [-0.2, 0) is 11.2 Å². The number of rotatable bonds is 4. The number of aromatic nitrogens is 3. The Balaban J connectivity index is 1.90. The zero-order valence-corrected chi connectivity index (χ0v) is 10.9. The summed E-state index contributed by atoms with van der Waals surface area (Å²) in [5.74, 6) is 0.119. The third kappa shape index (κ3) is 3.30. The van der Waals surface area contributed by atoms with E-state index >= 15 is 0 Å². The van der Waals surface area contributed by atoms with Gasteiger partial charge in [-0.2, -0.15) is 0 Å². The summed E-state index contributed by atoms with van der Waals surface area (Å²) in [7, 11) is 0. The Bertz CT molecular complexity index is 463. The predicted molar refractivity (Wildman–Crippen MR) is 66.6 cm³/mol. The lowest BCUT2D eigenvalue weighted by Gasteiger charge is -2.30. The van der Waals surface area contributed by atoms with E-state index < -0.39 is 5.97 Å². The van der Waals surface area contributed by atoms with Gasteiger partial charge in [0.25, 0.3) is 5.91 Å². The quantitative estimate of drug-likeness (QED) is 0.835. The summed E-state index contributed by atoms with van der Waals surface area (Å²) in [5, 5.41) is 15.4.